The molecule has 0 saturated carbocycles. The van der Waals surface area contributed by atoms with Gasteiger partial charge in [0.25, 0.3) is 0 Å². The van der Waals surface area contributed by atoms with Crippen molar-refractivity contribution in [3.8, 4) is 11.8 Å². The lowest BCUT2D eigenvalue weighted by molar-refractivity contribution is -0.116. The monoisotopic (exact) mass is 394 g/mol. The third-order valence-electron chi connectivity index (χ3n) is 5.69. The van der Waals surface area contributed by atoms with Gasteiger partial charge in [-0.1, -0.05) is 53.7 Å². The molecule has 1 aromatic rings. The Morgan fingerprint density at radius 2 is 1.66 bits per heavy atom. The van der Waals surface area contributed by atoms with Gasteiger partial charge in [-0.15, -0.1) is 0 Å². The molecule has 0 radical (unpaired) electrons. The number of rotatable bonds is 1. The molecule has 0 amide bonds. The molecule has 5 heteroatoms. The molecule has 0 bridgehead atoms. The van der Waals surface area contributed by atoms with E-state index in [1.54, 1.807) is 0 Å². The summed E-state index contributed by atoms with van der Waals surface area (Å²) in [7, 11) is 0. The van der Waals surface area contributed by atoms with Crippen LogP contribution >= 0.6 is 0 Å². The summed E-state index contributed by atoms with van der Waals surface area (Å²) in [5.41, 5.74) is 8.60. The molecule has 2 aliphatic rings. The number of hydrogen-bond acceptors (Lipinski definition) is 5. The standard InChI is InChI=1S/C24H30N2O3/c1-23(2,3)15-10-13(11-16(21(15)28)24(4,5)6)19-14(12-25)22(26)29-18-9-7-8-17(27)20(18)19/h10-11,19,28H,7-9,26H2,1-6H3/t19-/m0/s1. The minimum atomic E-state index is -0.570. The summed E-state index contributed by atoms with van der Waals surface area (Å²) in [5.74, 6) is 0.332. The van der Waals surface area contributed by atoms with E-state index in [4.69, 9.17) is 10.5 Å². The van der Waals surface area contributed by atoms with Crippen LogP contribution < -0.4 is 5.73 Å². The fraction of sp³-hybridized carbons (Fsp3) is 0.500. The van der Waals surface area contributed by atoms with E-state index >= 15 is 0 Å². The van der Waals surface area contributed by atoms with Crippen molar-refractivity contribution in [3.05, 3.63) is 51.6 Å². The molecule has 3 rings (SSSR count). The van der Waals surface area contributed by atoms with Gasteiger partial charge in [-0.25, -0.2) is 0 Å². The predicted octanol–water partition coefficient (Wildman–Crippen LogP) is 4.80. The van der Waals surface area contributed by atoms with Crippen LogP contribution in [-0.4, -0.2) is 10.9 Å². The largest absolute Gasteiger partial charge is 0.507 e. The summed E-state index contributed by atoms with van der Waals surface area (Å²) in [6, 6.07) is 6.00. The molecule has 3 N–H and O–H groups in total. The SMILES string of the molecule is CC(C)(C)c1cc([C@H]2C(C#N)=C(N)OC3=C2C(=O)CCC3)cc(C(C)(C)C)c1O. The van der Waals surface area contributed by atoms with Gasteiger partial charge in [0.1, 0.15) is 23.2 Å². The molecule has 0 saturated heterocycles. The van der Waals surface area contributed by atoms with Crippen molar-refractivity contribution in [2.75, 3.05) is 0 Å². The topological polar surface area (TPSA) is 96.3 Å². The lowest BCUT2D eigenvalue weighted by Crippen LogP contribution is -2.28. The molecule has 0 aromatic heterocycles. The third-order valence-corrected chi connectivity index (χ3v) is 5.69. The first kappa shape index (κ1) is 21.0. The van der Waals surface area contributed by atoms with Crippen LogP contribution in [0.15, 0.2) is 34.9 Å². The zero-order chi connectivity index (χ0) is 21.7. The van der Waals surface area contributed by atoms with Gasteiger partial charge in [0.2, 0.25) is 5.88 Å². The Morgan fingerprint density at radius 1 is 1.10 bits per heavy atom. The van der Waals surface area contributed by atoms with E-state index in [2.05, 4.69) is 6.07 Å². The Labute approximate surface area is 172 Å². The van der Waals surface area contributed by atoms with Crippen LogP contribution in [0.1, 0.15) is 83.4 Å². The first-order valence-electron chi connectivity index (χ1n) is 10.1. The summed E-state index contributed by atoms with van der Waals surface area (Å²) in [5, 5.41) is 20.9. The minimum Gasteiger partial charge on any atom is -0.507 e. The van der Waals surface area contributed by atoms with Gasteiger partial charge >= 0.3 is 0 Å². The van der Waals surface area contributed by atoms with Crippen LogP contribution in [0.5, 0.6) is 5.75 Å². The molecule has 1 aliphatic carbocycles. The summed E-state index contributed by atoms with van der Waals surface area (Å²) in [4.78, 5) is 12.9. The molecule has 1 atom stereocenters. The normalized spacial score (nSPS) is 20.3. The zero-order valence-corrected chi connectivity index (χ0v) is 18.1. The van der Waals surface area contributed by atoms with Crippen molar-refractivity contribution in [3.63, 3.8) is 0 Å². The number of hydrogen-bond donors (Lipinski definition) is 2. The third kappa shape index (κ3) is 3.64. The molecule has 1 aromatic carbocycles. The van der Waals surface area contributed by atoms with Gasteiger partial charge < -0.3 is 15.6 Å². The number of allylic oxidation sites excluding steroid dienone is 3. The van der Waals surface area contributed by atoms with Crippen molar-refractivity contribution in [1.82, 2.24) is 0 Å². The summed E-state index contributed by atoms with van der Waals surface area (Å²) >= 11 is 0. The number of aromatic hydroxyl groups is 1. The number of nitriles is 1. The minimum absolute atomic E-state index is 0.000748. The number of Topliss-reactive ketones (excluding diaryl/α,β-unsaturated/α-hetero) is 1. The van der Waals surface area contributed by atoms with Crippen LogP contribution in [0.3, 0.4) is 0 Å². The van der Waals surface area contributed by atoms with Crippen LogP contribution in [0, 0.1) is 11.3 Å². The lowest BCUT2D eigenvalue weighted by atomic mass is 9.73. The molecule has 0 unspecified atom stereocenters. The Bertz CT molecular complexity index is 944. The highest BCUT2D eigenvalue weighted by Crippen LogP contribution is 2.47. The molecular weight excluding hydrogens is 364 g/mol. The average Bonchev–Trinajstić information content (AvgIpc) is 2.59. The molecule has 154 valence electrons. The average molecular weight is 395 g/mol. The highest BCUT2D eigenvalue weighted by molar-refractivity contribution is 5.99. The maximum absolute atomic E-state index is 12.9. The Morgan fingerprint density at radius 3 is 2.14 bits per heavy atom. The van der Waals surface area contributed by atoms with Gasteiger partial charge in [-0.2, -0.15) is 5.26 Å². The van der Waals surface area contributed by atoms with Gasteiger partial charge in [-0.3, -0.25) is 4.79 Å². The number of phenolic OH excluding ortho intramolecular Hbond substituents is 1. The zero-order valence-electron chi connectivity index (χ0n) is 18.1. The summed E-state index contributed by atoms with van der Waals surface area (Å²) in [6.45, 7) is 12.2. The molecule has 0 fully saturated rings. The van der Waals surface area contributed by atoms with Crippen molar-refractivity contribution in [2.24, 2.45) is 5.73 Å². The predicted molar refractivity (Wildman–Crippen MR) is 112 cm³/mol. The van der Waals surface area contributed by atoms with Crippen LogP contribution in [0.4, 0.5) is 0 Å². The van der Waals surface area contributed by atoms with Crippen LogP contribution in [-0.2, 0) is 20.4 Å². The number of phenols is 1. The van der Waals surface area contributed by atoms with E-state index in [0.717, 1.165) is 23.1 Å². The first-order valence-corrected chi connectivity index (χ1v) is 10.1. The maximum Gasteiger partial charge on any atom is 0.205 e. The fourth-order valence-electron chi connectivity index (χ4n) is 4.16. The van der Waals surface area contributed by atoms with Crippen LogP contribution in [0.25, 0.3) is 0 Å². The summed E-state index contributed by atoms with van der Waals surface area (Å²) < 4.78 is 5.68. The van der Waals surface area contributed by atoms with E-state index < -0.39 is 5.92 Å². The smallest absolute Gasteiger partial charge is 0.205 e. The number of nitrogens with two attached hydrogens (primary N) is 1. The number of ketones is 1. The first-order chi connectivity index (χ1) is 13.4. The van der Waals surface area contributed by atoms with Gasteiger partial charge in [0, 0.05) is 18.4 Å². The molecule has 1 aliphatic heterocycles. The number of carbonyl (C=O) groups is 1. The molecular formula is C24H30N2O3. The second kappa shape index (κ2) is 6.95. The van der Waals surface area contributed by atoms with Crippen LogP contribution in [0.2, 0.25) is 0 Å². The quantitative estimate of drug-likeness (QED) is 0.713. The number of ether oxygens (including phenoxy) is 1. The van der Waals surface area contributed by atoms with Crippen molar-refractivity contribution >= 4 is 5.78 Å². The molecule has 29 heavy (non-hydrogen) atoms. The second-order valence-corrected chi connectivity index (χ2v) is 10.0. The number of benzene rings is 1. The van der Waals surface area contributed by atoms with Crippen molar-refractivity contribution in [1.29, 1.82) is 5.26 Å². The highest BCUT2D eigenvalue weighted by atomic mass is 16.5. The summed E-state index contributed by atoms with van der Waals surface area (Å²) in [6.07, 6.45) is 1.79. The van der Waals surface area contributed by atoms with Gasteiger partial charge in [0.15, 0.2) is 5.78 Å². The number of carbonyl (C=O) groups excluding carboxylic acids is 1. The van der Waals surface area contributed by atoms with Gasteiger partial charge in [-0.05, 0) is 33.9 Å². The van der Waals surface area contributed by atoms with E-state index in [1.807, 2.05) is 53.7 Å². The Kier molecular flexibility index (Phi) is 5.03. The highest BCUT2D eigenvalue weighted by Gasteiger charge is 2.39. The Balaban J connectivity index is 2.35. The van der Waals surface area contributed by atoms with Crippen molar-refractivity contribution < 1.29 is 14.6 Å². The van der Waals surface area contributed by atoms with E-state index in [-0.39, 0.29) is 33.8 Å². The lowest BCUT2D eigenvalue weighted by Gasteiger charge is -2.33. The van der Waals surface area contributed by atoms with E-state index in [0.29, 0.717) is 24.2 Å². The molecule has 0 spiro atoms. The maximum atomic E-state index is 12.9. The fourth-order valence-corrected chi connectivity index (χ4v) is 4.16. The molecule has 1 heterocycles. The van der Waals surface area contributed by atoms with E-state index in [1.165, 1.54) is 0 Å². The number of nitrogens with zero attached hydrogens (tertiary/aromatic N) is 1. The molecule has 5 nitrogen and oxygen atoms in total. The second-order valence-electron chi connectivity index (χ2n) is 10.0. The van der Waals surface area contributed by atoms with Gasteiger partial charge in [0.05, 0.1) is 5.92 Å². The Hall–Kier alpha value is -2.74. The van der Waals surface area contributed by atoms with Crippen molar-refractivity contribution in [2.45, 2.75) is 77.6 Å². The van der Waals surface area contributed by atoms with E-state index in [9.17, 15) is 15.2 Å².